The Labute approximate surface area is 112 Å². The van der Waals surface area contributed by atoms with E-state index in [4.69, 9.17) is 5.11 Å². The average Bonchev–Trinajstić information content (AvgIpc) is 2.92. The molecule has 5 nitrogen and oxygen atoms in total. The van der Waals surface area contributed by atoms with Crippen LogP contribution >= 0.6 is 11.8 Å². The summed E-state index contributed by atoms with van der Waals surface area (Å²) >= 11 is 1.46. The number of nitrogens with zero attached hydrogens (tertiary/aromatic N) is 1. The Morgan fingerprint density at radius 1 is 1.39 bits per heavy atom. The maximum atomic E-state index is 11.9. The molecule has 2 rings (SSSR count). The molecule has 2 saturated heterocycles. The van der Waals surface area contributed by atoms with E-state index < -0.39 is 9.84 Å². The van der Waals surface area contributed by atoms with Gasteiger partial charge in [-0.25, -0.2) is 8.42 Å². The molecule has 2 heterocycles. The van der Waals surface area contributed by atoms with E-state index in [2.05, 4.69) is 0 Å². The molecule has 1 N–H and O–H groups in total. The Bertz CT molecular complexity index is 409. The van der Waals surface area contributed by atoms with Crippen molar-refractivity contribution in [2.24, 2.45) is 5.92 Å². The highest BCUT2D eigenvalue weighted by Crippen LogP contribution is 2.25. The van der Waals surface area contributed by atoms with Crippen LogP contribution in [0.3, 0.4) is 0 Å². The number of likely N-dealkylation sites (tertiary alicyclic amines) is 1. The zero-order valence-electron chi connectivity index (χ0n) is 10.2. The molecule has 0 aromatic carbocycles. The summed E-state index contributed by atoms with van der Waals surface area (Å²) in [5.41, 5.74) is 0. The largest absolute Gasteiger partial charge is 0.396 e. The summed E-state index contributed by atoms with van der Waals surface area (Å²) in [6.45, 7) is 1.49. The number of rotatable bonds is 4. The van der Waals surface area contributed by atoms with Gasteiger partial charge in [0.1, 0.15) is 0 Å². The molecule has 0 aliphatic carbocycles. The van der Waals surface area contributed by atoms with E-state index in [1.807, 2.05) is 0 Å². The van der Waals surface area contributed by atoms with Gasteiger partial charge in [-0.15, -0.1) is 11.8 Å². The molecule has 0 aromatic heterocycles. The van der Waals surface area contributed by atoms with Gasteiger partial charge in [0.2, 0.25) is 5.91 Å². The van der Waals surface area contributed by atoms with Gasteiger partial charge in [-0.3, -0.25) is 4.79 Å². The Morgan fingerprint density at radius 2 is 2.17 bits per heavy atom. The predicted octanol–water partition coefficient (Wildman–Crippen LogP) is -0.253. The van der Waals surface area contributed by atoms with Crippen LogP contribution in [0.4, 0.5) is 0 Å². The maximum Gasteiger partial charge on any atom is 0.232 e. The summed E-state index contributed by atoms with van der Waals surface area (Å²) in [4.78, 5) is 13.7. The molecule has 2 atom stereocenters. The van der Waals surface area contributed by atoms with Crippen molar-refractivity contribution in [3.05, 3.63) is 0 Å². The highest BCUT2D eigenvalue weighted by molar-refractivity contribution is 8.02. The van der Waals surface area contributed by atoms with Crippen LogP contribution in [0.5, 0.6) is 0 Å². The number of hydrogen-bond acceptors (Lipinski definition) is 5. The third kappa shape index (κ3) is 3.61. The Morgan fingerprint density at radius 3 is 2.72 bits per heavy atom. The molecule has 0 radical (unpaired) electrons. The monoisotopic (exact) mass is 293 g/mol. The van der Waals surface area contributed by atoms with E-state index in [-0.39, 0.29) is 35.2 Å². The summed E-state index contributed by atoms with van der Waals surface area (Å²) in [7, 11) is -2.85. The second-order valence-corrected chi connectivity index (χ2v) is 8.53. The summed E-state index contributed by atoms with van der Waals surface area (Å²) < 4.78 is 22.6. The molecule has 2 aliphatic rings. The van der Waals surface area contributed by atoms with E-state index in [9.17, 15) is 13.2 Å². The molecular formula is C11H19NO4S2. The molecule has 2 aliphatic heterocycles. The highest BCUT2D eigenvalue weighted by atomic mass is 32.2. The number of aliphatic hydroxyl groups is 1. The van der Waals surface area contributed by atoms with Gasteiger partial charge in [-0.05, 0) is 12.8 Å². The van der Waals surface area contributed by atoms with Crippen molar-refractivity contribution in [1.82, 2.24) is 4.90 Å². The van der Waals surface area contributed by atoms with Crippen molar-refractivity contribution in [3.8, 4) is 0 Å². The first-order valence-corrected chi connectivity index (χ1v) is 9.08. The van der Waals surface area contributed by atoms with Crippen LogP contribution in [0, 0.1) is 5.92 Å². The fourth-order valence-corrected chi connectivity index (χ4v) is 5.93. The van der Waals surface area contributed by atoms with E-state index in [1.54, 1.807) is 4.90 Å². The predicted molar refractivity (Wildman–Crippen MR) is 71.3 cm³/mol. The third-order valence-corrected chi connectivity index (χ3v) is 6.80. The van der Waals surface area contributed by atoms with Crippen LogP contribution in [0.2, 0.25) is 0 Å². The quantitative estimate of drug-likeness (QED) is 0.773. The molecule has 0 aromatic rings. The first-order valence-electron chi connectivity index (χ1n) is 6.21. The number of hydrogen-bond donors (Lipinski definition) is 1. The van der Waals surface area contributed by atoms with Crippen LogP contribution in [-0.2, 0) is 14.6 Å². The molecule has 2 fully saturated rings. The standard InChI is InChI=1S/C11H19NO4S2/c13-6-9-1-3-12(5-9)11(14)7-17-10-2-4-18(15,16)8-10/h9-10,13H,1-8H2. The summed E-state index contributed by atoms with van der Waals surface area (Å²) in [6, 6.07) is 0. The zero-order valence-corrected chi connectivity index (χ0v) is 11.9. The van der Waals surface area contributed by atoms with E-state index in [0.717, 1.165) is 6.42 Å². The molecule has 104 valence electrons. The second kappa shape index (κ2) is 5.79. The smallest absolute Gasteiger partial charge is 0.232 e. The van der Waals surface area contributed by atoms with Crippen LogP contribution in [0.1, 0.15) is 12.8 Å². The van der Waals surface area contributed by atoms with Gasteiger partial charge in [0, 0.05) is 30.9 Å². The fraction of sp³-hybridized carbons (Fsp3) is 0.909. The lowest BCUT2D eigenvalue weighted by Gasteiger charge is -2.17. The molecule has 0 spiro atoms. The second-order valence-electron chi connectivity index (χ2n) is 5.01. The molecule has 18 heavy (non-hydrogen) atoms. The fourth-order valence-electron chi connectivity index (χ4n) is 2.38. The topological polar surface area (TPSA) is 74.7 Å². The molecule has 2 unspecified atom stereocenters. The summed E-state index contributed by atoms with van der Waals surface area (Å²) in [5, 5.41) is 9.09. The lowest BCUT2D eigenvalue weighted by atomic mass is 10.1. The van der Waals surface area contributed by atoms with Gasteiger partial charge in [0.15, 0.2) is 9.84 Å². The zero-order chi connectivity index (χ0) is 13.2. The van der Waals surface area contributed by atoms with Crippen molar-refractivity contribution < 1.29 is 18.3 Å². The summed E-state index contributed by atoms with van der Waals surface area (Å²) in [6.07, 6.45) is 1.53. The van der Waals surface area contributed by atoms with Gasteiger partial charge in [0.05, 0.1) is 17.3 Å². The number of thioether (sulfide) groups is 1. The third-order valence-electron chi connectivity index (χ3n) is 3.53. The molecular weight excluding hydrogens is 274 g/mol. The summed E-state index contributed by atoms with van der Waals surface area (Å²) in [5.74, 6) is 1.11. The van der Waals surface area contributed by atoms with Crippen molar-refractivity contribution in [3.63, 3.8) is 0 Å². The van der Waals surface area contributed by atoms with E-state index >= 15 is 0 Å². The number of sulfone groups is 1. The first kappa shape index (κ1) is 14.1. The number of amides is 1. The number of aliphatic hydroxyl groups excluding tert-OH is 1. The van der Waals surface area contributed by atoms with Crippen LogP contribution in [0.15, 0.2) is 0 Å². The number of carbonyl (C=O) groups excluding carboxylic acids is 1. The van der Waals surface area contributed by atoms with Gasteiger partial charge >= 0.3 is 0 Å². The normalized spacial score (nSPS) is 30.8. The molecule has 0 saturated carbocycles. The van der Waals surface area contributed by atoms with Gasteiger partial charge in [0.25, 0.3) is 0 Å². The van der Waals surface area contributed by atoms with Crippen molar-refractivity contribution >= 4 is 27.5 Å². The first-order chi connectivity index (χ1) is 8.50. The van der Waals surface area contributed by atoms with E-state index in [0.29, 0.717) is 25.3 Å². The molecule has 0 bridgehead atoms. The molecule has 1 amide bonds. The van der Waals surface area contributed by atoms with Crippen LogP contribution in [0.25, 0.3) is 0 Å². The van der Waals surface area contributed by atoms with Gasteiger partial charge in [-0.2, -0.15) is 0 Å². The highest BCUT2D eigenvalue weighted by Gasteiger charge is 2.30. The van der Waals surface area contributed by atoms with Crippen molar-refractivity contribution in [2.75, 3.05) is 37.0 Å². The maximum absolute atomic E-state index is 11.9. The number of carbonyl (C=O) groups is 1. The van der Waals surface area contributed by atoms with Crippen LogP contribution in [-0.4, -0.2) is 66.5 Å². The van der Waals surface area contributed by atoms with Crippen LogP contribution < -0.4 is 0 Å². The van der Waals surface area contributed by atoms with Crippen molar-refractivity contribution in [1.29, 1.82) is 0 Å². The SMILES string of the molecule is O=C(CSC1CCS(=O)(=O)C1)N1CCC(CO)C1. The Balaban J connectivity index is 1.73. The van der Waals surface area contributed by atoms with Gasteiger partial charge < -0.3 is 10.0 Å². The Hall–Kier alpha value is -0.270. The van der Waals surface area contributed by atoms with Crippen molar-refractivity contribution in [2.45, 2.75) is 18.1 Å². The Kier molecular flexibility index (Phi) is 4.55. The van der Waals surface area contributed by atoms with E-state index in [1.165, 1.54) is 11.8 Å². The minimum absolute atomic E-state index is 0.0697. The lowest BCUT2D eigenvalue weighted by Crippen LogP contribution is -2.31. The van der Waals surface area contributed by atoms with Gasteiger partial charge in [-0.1, -0.05) is 0 Å². The lowest BCUT2D eigenvalue weighted by molar-refractivity contribution is -0.127. The minimum Gasteiger partial charge on any atom is -0.396 e. The minimum atomic E-state index is -2.85. The average molecular weight is 293 g/mol. The molecule has 7 heteroatoms.